The van der Waals surface area contributed by atoms with Crippen LogP contribution < -0.4 is 11.1 Å². The van der Waals surface area contributed by atoms with Crippen LogP contribution in [0.2, 0.25) is 0 Å². The number of hydrogen-bond donors (Lipinski definition) is 2. The van der Waals surface area contributed by atoms with Gasteiger partial charge in [-0.05, 0) is 18.2 Å². The molecule has 7 heteroatoms. The van der Waals surface area contributed by atoms with Crippen LogP contribution in [0.15, 0.2) is 22.7 Å². The van der Waals surface area contributed by atoms with Crippen molar-refractivity contribution in [1.29, 1.82) is 0 Å². The lowest BCUT2D eigenvalue weighted by molar-refractivity contribution is -0.136. The van der Waals surface area contributed by atoms with Crippen LogP contribution in [-0.4, -0.2) is 34.8 Å². The fraction of sp³-hybridized carbons (Fsp3) is 0.250. The highest BCUT2D eigenvalue weighted by atomic mass is 79.9. The lowest BCUT2D eigenvalue weighted by atomic mass is 10.1. The van der Waals surface area contributed by atoms with Crippen molar-refractivity contribution in [1.82, 2.24) is 4.90 Å². The lowest BCUT2D eigenvalue weighted by Crippen LogP contribution is -2.32. The monoisotopic (exact) mass is 341 g/mol. The number of anilines is 1. The standard InChI is InChI=1S/C12H12BrN3O2S/c1-16-10(17)5-9(12(16)18)15-8-3-2-6(13)4-7(8)11(14)19/h2-4,9,15H,5H2,1H3,(H2,14,19). The number of likely N-dealkylation sites (tertiary alicyclic amines) is 1. The molecule has 2 rings (SSSR count). The highest BCUT2D eigenvalue weighted by Gasteiger charge is 2.36. The van der Waals surface area contributed by atoms with E-state index in [9.17, 15) is 9.59 Å². The van der Waals surface area contributed by atoms with Crippen LogP contribution >= 0.6 is 28.1 Å². The van der Waals surface area contributed by atoms with Crippen molar-refractivity contribution in [3.63, 3.8) is 0 Å². The molecule has 0 spiro atoms. The number of nitrogens with two attached hydrogens (primary N) is 1. The van der Waals surface area contributed by atoms with E-state index in [0.29, 0.717) is 11.3 Å². The van der Waals surface area contributed by atoms with Crippen LogP contribution in [0.25, 0.3) is 0 Å². The van der Waals surface area contributed by atoms with Crippen molar-refractivity contribution in [2.45, 2.75) is 12.5 Å². The van der Waals surface area contributed by atoms with Gasteiger partial charge in [0.25, 0.3) is 5.91 Å². The molecule has 1 aromatic carbocycles. The Bertz CT molecular complexity index is 576. The topological polar surface area (TPSA) is 75.4 Å². The van der Waals surface area contributed by atoms with Gasteiger partial charge in [-0.2, -0.15) is 0 Å². The summed E-state index contributed by atoms with van der Waals surface area (Å²) in [5.74, 6) is -0.446. The van der Waals surface area contributed by atoms with Gasteiger partial charge >= 0.3 is 0 Å². The van der Waals surface area contributed by atoms with E-state index in [4.69, 9.17) is 18.0 Å². The van der Waals surface area contributed by atoms with Gasteiger partial charge in [0, 0.05) is 22.8 Å². The van der Waals surface area contributed by atoms with E-state index in [-0.39, 0.29) is 23.2 Å². The van der Waals surface area contributed by atoms with E-state index < -0.39 is 6.04 Å². The number of benzene rings is 1. The van der Waals surface area contributed by atoms with Gasteiger partial charge in [-0.15, -0.1) is 0 Å². The Kier molecular flexibility index (Phi) is 3.86. The van der Waals surface area contributed by atoms with Crippen molar-refractivity contribution >= 4 is 50.6 Å². The molecule has 3 N–H and O–H groups in total. The normalized spacial score (nSPS) is 18.8. The Morgan fingerprint density at radius 2 is 2.21 bits per heavy atom. The maximum atomic E-state index is 11.8. The Labute approximate surface area is 124 Å². The van der Waals surface area contributed by atoms with Crippen LogP contribution in [0, 0.1) is 0 Å². The Balaban J connectivity index is 2.27. The van der Waals surface area contributed by atoms with Crippen LogP contribution in [0.5, 0.6) is 0 Å². The molecule has 0 saturated carbocycles. The molecule has 0 aliphatic carbocycles. The second kappa shape index (κ2) is 5.26. The van der Waals surface area contributed by atoms with E-state index in [1.807, 2.05) is 6.07 Å². The highest BCUT2D eigenvalue weighted by Crippen LogP contribution is 2.24. The molecule has 1 saturated heterocycles. The number of rotatable bonds is 3. The summed E-state index contributed by atoms with van der Waals surface area (Å²) >= 11 is 8.32. The first-order chi connectivity index (χ1) is 8.90. The average molecular weight is 342 g/mol. The summed E-state index contributed by atoms with van der Waals surface area (Å²) in [5, 5.41) is 3.03. The molecule has 1 aromatic rings. The number of thiocarbonyl (C=S) groups is 1. The summed E-state index contributed by atoms with van der Waals surface area (Å²) < 4.78 is 0.840. The molecule has 1 heterocycles. The largest absolute Gasteiger partial charge is 0.389 e. The van der Waals surface area contributed by atoms with Gasteiger partial charge in [0.2, 0.25) is 5.91 Å². The minimum absolute atomic E-state index is 0.141. The van der Waals surface area contributed by atoms with Gasteiger partial charge in [0.05, 0.1) is 6.42 Å². The zero-order chi connectivity index (χ0) is 14.2. The van der Waals surface area contributed by atoms with Gasteiger partial charge in [0.15, 0.2) is 0 Å². The smallest absolute Gasteiger partial charge is 0.251 e. The zero-order valence-electron chi connectivity index (χ0n) is 10.1. The molecule has 5 nitrogen and oxygen atoms in total. The summed E-state index contributed by atoms with van der Waals surface area (Å²) in [7, 11) is 1.47. The summed E-state index contributed by atoms with van der Waals surface area (Å²) in [6.07, 6.45) is 0.141. The van der Waals surface area contributed by atoms with Crippen molar-refractivity contribution in [3.05, 3.63) is 28.2 Å². The Morgan fingerprint density at radius 3 is 2.74 bits per heavy atom. The Morgan fingerprint density at radius 1 is 1.53 bits per heavy atom. The molecule has 0 radical (unpaired) electrons. The molecule has 19 heavy (non-hydrogen) atoms. The van der Waals surface area contributed by atoms with Gasteiger partial charge in [-0.1, -0.05) is 28.1 Å². The summed E-state index contributed by atoms with van der Waals surface area (Å²) in [4.78, 5) is 24.7. The first kappa shape index (κ1) is 14.0. The van der Waals surface area contributed by atoms with Crippen LogP contribution in [0.3, 0.4) is 0 Å². The number of nitrogens with one attached hydrogen (secondary N) is 1. The third-order valence-electron chi connectivity index (χ3n) is 2.96. The molecule has 0 bridgehead atoms. The third kappa shape index (κ3) is 2.76. The van der Waals surface area contributed by atoms with E-state index in [1.54, 1.807) is 12.1 Å². The van der Waals surface area contributed by atoms with Crippen LogP contribution in [0.4, 0.5) is 5.69 Å². The maximum Gasteiger partial charge on any atom is 0.251 e. The number of halogens is 1. The first-order valence-electron chi connectivity index (χ1n) is 5.56. The first-order valence-corrected chi connectivity index (χ1v) is 6.76. The second-order valence-electron chi connectivity index (χ2n) is 4.25. The predicted molar refractivity (Wildman–Crippen MR) is 79.8 cm³/mol. The van der Waals surface area contributed by atoms with Crippen molar-refractivity contribution in [2.24, 2.45) is 5.73 Å². The van der Waals surface area contributed by atoms with Gasteiger partial charge < -0.3 is 11.1 Å². The molecule has 0 aromatic heterocycles. The van der Waals surface area contributed by atoms with Gasteiger partial charge in [-0.25, -0.2) is 0 Å². The quantitative estimate of drug-likeness (QED) is 0.639. The SMILES string of the molecule is CN1C(=O)CC(Nc2ccc(Br)cc2C(N)=S)C1=O. The third-order valence-corrected chi connectivity index (χ3v) is 3.67. The molecule has 100 valence electrons. The van der Waals surface area contributed by atoms with Gasteiger partial charge in [0.1, 0.15) is 11.0 Å². The number of nitrogens with zero attached hydrogens (tertiary/aromatic N) is 1. The minimum Gasteiger partial charge on any atom is -0.389 e. The lowest BCUT2D eigenvalue weighted by Gasteiger charge is -2.15. The molecule has 2 amide bonds. The van der Waals surface area contributed by atoms with Gasteiger partial charge in [-0.3, -0.25) is 14.5 Å². The fourth-order valence-corrected chi connectivity index (χ4v) is 2.43. The molecule has 1 fully saturated rings. The van der Waals surface area contributed by atoms with E-state index in [0.717, 1.165) is 9.37 Å². The molecule has 1 aliphatic rings. The minimum atomic E-state index is -0.563. The number of imide groups is 1. The summed E-state index contributed by atoms with van der Waals surface area (Å²) in [5.41, 5.74) is 6.94. The Hall–Kier alpha value is -1.47. The number of likely N-dealkylation sites (N-methyl/N-ethyl adjacent to an activating group) is 1. The highest BCUT2D eigenvalue weighted by molar-refractivity contribution is 9.10. The zero-order valence-corrected chi connectivity index (χ0v) is 12.5. The summed E-state index contributed by atoms with van der Waals surface area (Å²) in [6, 6.07) is 4.80. The van der Waals surface area contributed by atoms with Crippen molar-refractivity contribution in [2.75, 3.05) is 12.4 Å². The number of carbonyl (C=O) groups is 2. The molecule has 1 unspecified atom stereocenters. The number of amides is 2. The molecular weight excluding hydrogens is 330 g/mol. The summed E-state index contributed by atoms with van der Waals surface area (Å²) in [6.45, 7) is 0. The maximum absolute atomic E-state index is 11.8. The number of hydrogen-bond acceptors (Lipinski definition) is 4. The predicted octanol–water partition coefficient (Wildman–Crippen LogP) is 1.25. The van der Waals surface area contributed by atoms with E-state index in [2.05, 4.69) is 21.2 Å². The molecule has 1 atom stereocenters. The van der Waals surface area contributed by atoms with E-state index >= 15 is 0 Å². The fourth-order valence-electron chi connectivity index (χ4n) is 1.90. The second-order valence-corrected chi connectivity index (χ2v) is 5.60. The molecule has 1 aliphatic heterocycles. The van der Waals surface area contributed by atoms with Crippen molar-refractivity contribution in [3.8, 4) is 0 Å². The van der Waals surface area contributed by atoms with Crippen molar-refractivity contribution < 1.29 is 9.59 Å². The van der Waals surface area contributed by atoms with E-state index in [1.165, 1.54) is 7.05 Å². The average Bonchev–Trinajstić information content (AvgIpc) is 2.59. The van der Waals surface area contributed by atoms with Crippen LogP contribution in [-0.2, 0) is 9.59 Å². The molecular formula is C12H12BrN3O2S. The van der Waals surface area contributed by atoms with Crippen LogP contribution in [0.1, 0.15) is 12.0 Å². The number of carbonyl (C=O) groups excluding carboxylic acids is 2.